The lowest BCUT2D eigenvalue weighted by atomic mass is 9.88. The van der Waals surface area contributed by atoms with Crippen LogP contribution in [0.5, 0.6) is 0 Å². The first-order valence-corrected chi connectivity index (χ1v) is 15.4. The summed E-state index contributed by atoms with van der Waals surface area (Å²) < 4.78 is 63.7. The van der Waals surface area contributed by atoms with E-state index in [1.54, 1.807) is 24.3 Å². The first-order valence-electron chi connectivity index (χ1n) is 15.4. The SMILES string of the molecule is CN1CCC(c2ccc(-c3ccc4ncn(C(c5cccc(F)c5)c5nc6ccccc6[nH]5)c(=O)c4c3F)cc2)CC1.O=C(O)C(F)(F)F. The molecule has 0 bridgehead atoms. The molecule has 0 amide bonds. The molecule has 6 aromatic rings. The lowest BCUT2D eigenvalue weighted by molar-refractivity contribution is -0.192. The molecule has 4 aromatic carbocycles. The van der Waals surface area contributed by atoms with Crippen molar-refractivity contribution in [3.05, 3.63) is 130 Å². The van der Waals surface area contributed by atoms with Crippen LogP contribution in [-0.4, -0.2) is 61.8 Å². The minimum absolute atomic E-state index is 0.119. The van der Waals surface area contributed by atoms with Crippen LogP contribution in [0.3, 0.4) is 0 Å². The topological polar surface area (TPSA) is 104 Å². The molecule has 7 rings (SSSR count). The number of nitrogens with zero attached hydrogens (tertiary/aromatic N) is 4. The number of H-pyrrole nitrogens is 1. The van der Waals surface area contributed by atoms with Crippen LogP contribution in [0.15, 0.2) is 96.1 Å². The maximum absolute atomic E-state index is 16.3. The fraction of sp³-hybridized carbons (Fsp3) is 0.222. The number of aromatic amines is 1. The minimum Gasteiger partial charge on any atom is -0.475 e. The Morgan fingerprint density at radius 2 is 1.63 bits per heavy atom. The average molecular weight is 676 g/mol. The number of para-hydroxylation sites is 2. The second-order valence-electron chi connectivity index (χ2n) is 11.9. The summed E-state index contributed by atoms with van der Waals surface area (Å²) in [5.74, 6) is -2.92. The number of benzene rings is 4. The number of fused-ring (bicyclic) bond motifs is 2. The predicted molar refractivity (Wildman–Crippen MR) is 174 cm³/mol. The minimum atomic E-state index is -5.08. The van der Waals surface area contributed by atoms with Gasteiger partial charge in [0.05, 0.1) is 22.9 Å². The monoisotopic (exact) mass is 675 g/mol. The van der Waals surface area contributed by atoms with Crippen molar-refractivity contribution in [3.63, 3.8) is 0 Å². The Hall–Kier alpha value is -5.43. The van der Waals surface area contributed by atoms with Crippen molar-refractivity contribution in [3.8, 4) is 11.1 Å². The lowest BCUT2D eigenvalue weighted by Gasteiger charge is -2.29. The van der Waals surface area contributed by atoms with Gasteiger partial charge in [-0.1, -0.05) is 48.5 Å². The van der Waals surface area contributed by atoms with Crippen LogP contribution in [0.2, 0.25) is 0 Å². The Balaban J connectivity index is 0.000000540. The van der Waals surface area contributed by atoms with E-state index in [9.17, 15) is 22.4 Å². The Labute approximate surface area is 276 Å². The number of aromatic nitrogens is 4. The summed E-state index contributed by atoms with van der Waals surface area (Å²) in [5.41, 5.74) is 3.92. The number of halogens is 5. The number of carboxylic acid groups (broad SMARTS) is 1. The maximum Gasteiger partial charge on any atom is 0.490 e. The van der Waals surface area contributed by atoms with E-state index in [4.69, 9.17) is 14.9 Å². The molecule has 1 saturated heterocycles. The molecule has 8 nitrogen and oxygen atoms in total. The fourth-order valence-corrected chi connectivity index (χ4v) is 6.10. The zero-order chi connectivity index (χ0) is 34.9. The highest BCUT2D eigenvalue weighted by atomic mass is 19.4. The van der Waals surface area contributed by atoms with Gasteiger partial charge >= 0.3 is 12.1 Å². The highest BCUT2D eigenvalue weighted by Gasteiger charge is 2.38. The molecule has 3 heterocycles. The molecule has 1 unspecified atom stereocenters. The summed E-state index contributed by atoms with van der Waals surface area (Å²) in [5, 5.41) is 7.01. The third kappa shape index (κ3) is 7.07. The van der Waals surface area contributed by atoms with Gasteiger partial charge in [0.2, 0.25) is 0 Å². The van der Waals surface area contributed by atoms with E-state index in [-0.39, 0.29) is 10.9 Å². The van der Waals surface area contributed by atoms with Gasteiger partial charge in [-0.2, -0.15) is 13.2 Å². The van der Waals surface area contributed by atoms with Gasteiger partial charge in [-0.15, -0.1) is 0 Å². The smallest absolute Gasteiger partial charge is 0.475 e. The zero-order valence-electron chi connectivity index (χ0n) is 26.1. The van der Waals surface area contributed by atoms with Crippen molar-refractivity contribution in [1.82, 2.24) is 24.4 Å². The number of carbonyl (C=O) groups is 1. The van der Waals surface area contributed by atoms with Crippen LogP contribution in [0.25, 0.3) is 33.1 Å². The summed E-state index contributed by atoms with van der Waals surface area (Å²) in [6, 6.07) is 23.9. The van der Waals surface area contributed by atoms with Crippen molar-refractivity contribution in [2.75, 3.05) is 20.1 Å². The van der Waals surface area contributed by atoms with Gasteiger partial charge in [-0.05, 0) is 92.0 Å². The Morgan fingerprint density at radius 3 is 2.29 bits per heavy atom. The normalized spacial score (nSPS) is 14.8. The van der Waals surface area contributed by atoms with Gasteiger partial charge in [0, 0.05) is 5.56 Å². The molecule has 1 aliphatic heterocycles. The molecule has 2 aromatic heterocycles. The lowest BCUT2D eigenvalue weighted by Crippen LogP contribution is -2.29. The number of piperidine rings is 1. The van der Waals surface area contributed by atoms with Crippen LogP contribution < -0.4 is 5.56 Å². The first-order chi connectivity index (χ1) is 23.4. The second-order valence-corrected chi connectivity index (χ2v) is 11.9. The standard InChI is InChI=1S/C34H29F2N5O.C2HF3O2/c1-40-17-15-22(16-18-40)21-9-11-23(12-10-21)26-13-14-29-30(31(26)36)34(42)41(20-37-29)32(24-5-4-6-25(35)19-24)33-38-27-7-2-3-8-28(27)39-33;3-2(4,5)1(6)7/h2-14,19-20,22,32H,15-18H2,1H3,(H,38,39);(H,6,7). The van der Waals surface area contributed by atoms with Crippen molar-refractivity contribution in [2.45, 2.75) is 31.0 Å². The molecule has 49 heavy (non-hydrogen) atoms. The molecule has 1 atom stereocenters. The average Bonchev–Trinajstić information content (AvgIpc) is 3.50. The number of aliphatic carboxylic acids is 1. The molecular weight excluding hydrogens is 645 g/mol. The number of hydrogen-bond donors (Lipinski definition) is 2. The van der Waals surface area contributed by atoms with Gasteiger partial charge in [0.15, 0.2) is 0 Å². The third-order valence-electron chi connectivity index (χ3n) is 8.65. The van der Waals surface area contributed by atoms with Gasteiger partial charge in [0.25, 0.3) is 5.56 Å². The number of rotatable bonds is 5. The molecule has 0 aliphatic carbocycles. The molecule has 0 radical (unpaired) electrons. The quantitative estimate of drug-likeness (QED) is 0.186. The van der Waals surface area contributed by atoms with Crippen LogP contribution in [-0.2, 0) is 4.79 Å². The van der Waals surface area contributed by atoms with E-state index in [0.717, 1.165) is 31.4 Å². The zero-order valence-corrected chi connectivity index (χ0v) is 26.1. The van der Waals surface area contributed by atoms with Crippen molar-refractivity contribution in [1.29, 1.82) is 0 Å². The van der Waals surface area contributed by atoms with E-state index >= 15 is 4.39 Å². The largest absolute Gasteiger partial charge is 0.490 e. The number of imidazole rings is 1. The summed E-state index contributed by atoms with van der Waals surface area (Å²) in [7, 11) is 2.14. The van der Waals surface area contributed by atoms with Crippen molar-refractivity contribution in [2.24, 2.45) is 0 Å². The van der Waals surface area contributed by atoms with E-state index in [2.05, 4.69) is 34.0 Å². The summed E-state index contributed by atoms with van der Waals surface area (Å²) >= 11 is 0. The highest BCUT2D eigenvalue weighted by Crippen LogP contribution is 2.32. The van der Waals surface area contributed by atoms with E-state index in [1.807, 2.05) is 36.4 Å². The van der Waals surface area contributed by atoms with Gasteiger partial charge < -0.3 is 15.0 Å². The molecule has 1 fully saturated rings. The first kappa shape index (κ1) is 33.5. The number of likely N-dealkylation sites (tertiary alicyclic amines) is 1. The molecule has 1 aliphatic rings. The molecular formula is C36H30F5N5O3. The van der Waals surface area contributed by atoms with Crippen LogP contribution >= 0.6 is 0 Å². The van der Waals surface area contributed by atoms with E-state index in [0.29, 0.717) is 33.9 Å². The molecule has 252 valence electrons. The van der Waals surface area contributed by atoms with Crippen LogP contribution in [0.1, 0.15) is 41.8 Å². The third-order valence-corrected chi connectivity index (χ3v) is 8.65. The van der Waals surface area contributed by atoms with Crippen LogP contribution in [0.4, 0.5) is 22.0 Å². The Bertz CT molecular complexity index is 2160. The molecule has 0 spiro atoms. The highest BCUT2D eigenvalue weighted by molar-refractivity contribution is 5.85. The van der Waals surface area contributed by atoms with Crippen molar-refractivity contribution >= 4 is 27.9 Å². The van der Waals surface area contributed by atoms with E-state index < -0.39 is 35.4 Å². The molecule has 13 heteroatoms. The van der Waals surface area contributed by atoms with E-state index in [1.165, 1.54) is 28.6 Å². The number of alkyl halides is 3. The number of nitrogens with one attached hydrogen (secondary N) is 1. The van der Waals surface area contributed by atoms with Gasteiger partial charge in [-0.25, -0.2) is 23.5 Å². The van der Waals surface area contributed by atoms with Gasteiger partial charge in [0.1, 0.15) is 28.9 Å². The fourth-order valence-electron chi connectivity index (χ4n) is 6.10. The van der Waals surface area contributed by atoms with Crippen molar-refractivity contribution < 1.29 is 31.9 Å². The Kier molecular flexibility index (Phi) is 9.28. The number of carboxylic acids is 1. The molecule has 0 saturated carbocycles. The summed E-state index contributed by atoms with van der Waals surface area (Å²) in [6.45, 7) is 2.13. The van der Waals surface area contributed by atoms with Gasteiger partial charge in [-0.3, -0.25) is 9.36 Å². The second kappa shape index (κ2) is 13.6. The summed E-state index contributed by atoms with van der Waals surface area (Å²) in [6.07, 6.45) is -1.50. The molecule has 2 N–H and O–H groups in total. The maximum atomic E-state index is 16.3. The number of hydrogen-bond acceptors (Lipinski definition) is 5. The van der Waals surface area contributed by atoms with Crippen LogP contribution in [0, 0.1) is 11.6 Å². The Morgan fingerprint density at radius 1 is 0.939 bits per heavy atom. The summed E-state index contributed by atoms with van der Waals surface area (Å²) in [4.78, 5) is 37.7. The predicted octanol–water partition coefficient (Wildman–Crippen LogP) is 7.30.